The standard InChI is InChI=1S/C43H37N7O10/c1-23(2)60-37-33(20-19-32(36(37)52)41(56)47-30-17-11-28(12-18-30)43(58)59)49-39(54)26-9-15-31(16-10-26)48-42(57)34(21-35(45)51)50-40(55)27-7-13-29(14-8-27)46-38(53)25-5-3-24(22-44)4-6-25/h3-20,23,34,52H,21H2,1-2H3,(H2,45,51)(H,46,53)(H,47,56)(H,48,57)(H,49,54)(H,50,55)(H,58,59)/t34-/m0/s1. The molecule has 0 bridgehead atoms. The highest BCUT2D eigenvalue weighted by Gasteiger charge is 2.25. The smallest absolute Gasteiger partial charge is 0.335 e. The first kappa shape index (κ1) is 42.6. The molecule has 0 fully saturated rings. The van der Waals surface area contributed by atoms with Gasteiger partial charge in [0.1, 0.15) is 6.04 Å². The third-order valence-electron chi connectivity index (χ3n) is 8.49. The minimum absolute atomic E-state index is 0.0198. The van der Waals surface area contributed by atoms with Crippen molar-refractivity contribution in [3.8, 4) is 17.6 Å². The van der Waals surface area contributed by atoms with Gasteiger partial charge in [0.25, 0.3) is 23.6 Å². The summed E-state index contributed by atoms with van der Waals surface area (Å²) in [6, 6.07) is 26.0. The molecule has 0 radical (unpaired) electrons. The molecule has 0 spiro atoms. The molecule has 5 aromatic carbocycles. The van der Waals surface area contributed by atoms with Crippen LogP contribution in [0.25, 0.3) is 0 Å². The number of phenolic OH excluding ortho intramolecular Hbond substituents is 1. The molecule has 9 N–H and O–H groups in total. The number of anilines is 4. The lowest BCUT2D eigenvalue weighted by Crippen LogP contribution is -2.46. The van der Waals surface area contributed by atoms with Gasteiger partial charge in [0.2, 0.25) is 11.8 Å². The van der Waals surface area contributed by atoms with E-state index in [0.717, 1.165) is 0 Å². The Morgan fingerprint density at radius 1 is 0.633 bits per heavy atom. The second kappa shape index (κ2) is 19.1. The number of nitriles is 1. The number of hydrogen-bond donors (Lipinski definition) is 8. The predicted molar refractivity (Wildman–Crippen MR) is 219 cm³/mol. The second-order valence-electron chi connectivity index (χ2n) is 13.3. The van der Waals surface area contributed by atoms with Gasteiger partial charge in [-0.1, -0.05) is 0 Å². The largest absolute Gasteiger partial charge is 0.504 e. The third kappa shape index (κ3) is 11.1. The van der Waals surface area contributed by atoms with Gasteiger partial charge < -0.3 is 47.3 Å². The van der Waals surface area contributed by atoms with Crippen molar-refractivity contribution in [3.05, 3.63) is 143 Å². The maximum atomic E-state index is 13.3. The lowest BCUT2D eigenvalue weighted by molar-refractivity contribution is -0.123. The highest BCUT2D eigenvalue weighted by Crippen LogP contribution is 2.39. The van der Waals surface area contributed by atoms with Crippen molar-refractivity contribution in [3.63, 3.8) is 0 Å². The first-order valence-corrected chi connectivity index (χ1v) is 18.0. The summed E-state index contributed by atoms with van der Waals surface area (Å²) in [4.78, 5) is 88.2. The highest BCUT2D eigenvalue weighted by atomic mass is 16.5. The summed E-state index contributed by atoms with van der Waals surface area (Å²) in [5.74, 6) is -6.03. The molecule has 60 heavy (non-hydrogen) atoms. The van der Waals surface area contributed by atoms with Crippen LogP contribution >= 0.6 is 0 Å². The van der Waals surface area contributed by atoms with Crippen molar-refractivity contribution >= 4 is 64.2 Å². The van der Waals surface area contributed by atoms with Crippen LogP contribution in [0, 0.1) is 11.3 Å². The van der Waals surface area contributed by atoms with Crippen molar-refractivity contribution in [1.82, 2.24) is 5.32 Å². The number of hydrogen-bond acceptors (Lipinski definition) is 10. The molecule has 17 heteroatoms. The van der Waals surface area contributed by atoms with E-state index in [-0.39, 0.29) is 45.1 Å². The van der Waals surface area contributed by atoms with Crippen LogP contribution in [0.3, 0.4) is 0 Å². The van der Waals surface area contributed by atoms with Gasteiger partial charge in [-0.25, -0.2) is 4.79 Å². The average molecular weight is 812 g/mol. The molecule has 6 amide bonds. The number of carbonyl (C=O) groups excluding carboxylic acids is 6. The number of benzene rings is 5. The van der Waals surface area contributed by atoms with E-state index in [0.29, 0.717) is 16.8 Å². The van der Waals surface area contributed by atoms with Crippen molar-refractivity contribution in [2.45, 2.75) is 32.4 Å². The number of nitrogens with zero attached hydrogens (tertiary/aromatic N) is 1. The lowest BCUT2D eigenvalue weighted by Gasteiger charge is -2.19. The molecule has 0 saturated carbocycles. The Morgan fingerprint density at radius 3 is 1.60 bits per heavy atom. The Labute approximate surface area is 342 Å². The van der Waals surface area contributed by atoms with E-state index in [4.69, 9.17) is 20.8 Å². The van der Waals surface area contributed by atoms with Crippen LogP contribution < -0.4 is 37.1 Å². The van der Waals surface area contributed by atoms with Crippen LogP contribution in [0.1, 0.15) is 77.6 Å². The van der Waals surface area contributed by atoms with Crippen LogP contribution in [-0.2, 0) is 9.59 Å². The Hall–Kier alpha value is -8.52. The molecule has 304 valence electrons. The molecule has 17 nitrogen and oxygen atoms in total. The molecule has 0 aliphatic heterocycles. The van der Waals surface area contributed by atoms with Crippen molar-refractivity contribution in [2.75, 3.05) is 21.3 Å². The quantitative estimate of drug-likeness (QED) is 0.0687. The number of phenols is 1. The first-order valence-electron chi connectivity index (χ1n) is 18.0. The Kier molecular flexibility index (Phi) is 13.6. The topological polar surface area (TPSA) is 279 Å². The number of aromatic hydroxyl groups is 1. The van der Waals surface area contributed by atoms with Gasteiger partial charge in [0, 0.05) is 33.8 Å². The zero-order chi connectivity index (χ0) is 43.5. The second-order valence-corrected chi connectivity index (χ2v) is 13.3. The molecule has 0 unspecified atom stereocenters. The number of rotatable bonds is 15. The number of carboxylic acids is 1. The maximum Gasteiger partial charge on any atom is 0.335 e. The summed E-state index contributed by atoms with van der Waals surface area (Å²) in [5.41, 5.74) is 7.04. The van der Waals surface area contributed by atoms with Gasteiger partial charge >= 0.3 is 5.97 Å². The molecule has 5 rings (SSSR count). The number of ether oxygens (including phenoxy) is 1. The van der Waals surface area contributed by atoms with Gasteiger partial charge in [-0.05, 0) is 123 Å². The monoisotopic (exact) mass is 811 g/mol. The minimum atomic E-state index is -1.39. The van der Waals surface area contributed by atoms with E-state index in [1.807, 2.05) is 6.07 Å². The van der Waals surface area contributed by atoms with Crippen LogP contribution in [-0.4, -0.2) is 63.8 Å². The molecule has 0 aromatic heterocycles. The van der Waals surface area contributed by atoms with Gasteiger partial charge in [-0.3, -0.25) is 28.8 Å². The van der Waals surface area contributed by atoms with Crippen molar-refractivity contribution in [2.24, 2.45) is 5.73 Å². The van der Waals surface area contributed by atoms with E-state index in [1.165, 1.54) is 109 Å². The van der Waals surface area contributed by atoms with Crippen LogP contribution in [0.4, 0.5) is 22.7 Å². The summed E-state index contributed by atoms with van der Waals surface area (Å²) >= 11 is 0. The van der Waals surface area contributed by atoms with E-state index < -0.39 is 65.7 Å². The third-order valence-corrected chi connectivity index (χ3v) is 8.49. The first-order chi connectivity index (χ1) is 28.6. The molecule has 0 saturated heterocycles. The highest BCUT2D eigenvalue weighted by molar-refractivity contribution is 6.10. The molecule has 0 aliphatic carbocycles. The maximum absolute atomic E-state index is 13.3. The van der Waals surface area contributed by atoms with Crippen LogP contribution in [0.2, 0.25) is 0 Å². The average Bonchev–Trinajstić information content (AvgIpc) is 3.22. The number of nitrogens with two attached hydrogens (primary N) is 1. The zero-order valence-electron chi connectivity index (χ0n) is 31.9. The molecule has 5 aromatic rings. The lowest BCUT2D eigenvalue weighted by atomic mass is 10.1. The van der Waals surface area contributed by atoms with Crippen molar-refractivity contribution < 1.29 is 48.5 Å². The molecular formula is C43H37N7O10. The molecular weight excluding hydrogens is 775 g/mol. The fourth-order valence-electron chi connectivity index (χ4n) is 5.49. The summed E-state index contributed by atoms with van der Waals surface area (Å²) in [5, 5.41) is 42.1. The number of aromatic carboxylic acids is 1. The SMILES string of the molecule is CC(C)Oc1c(NC(=O)c2ccc(NC(=O)[C@H](CC(N)=O)NC(=O)c3ccc(NC(=O)c4ccc(C#N)cc4)cc3)cc2)ccc(C(=O)Nc2ccc(C(=O)O)cc2)c1O. The Morgan fingerprint density at radius 2 is 1.10 bits per heavy atom. The number of nitrogens with one attached hydrogen (secondary N) is 5. The van der Waals surface area contributed by atoms with E-state index in [2.05, 4.69) is 26.6 Å². The van der Waals surface area contributed by atoms with Gasteiger partial charge in [-0.15, -0.1) is 0 Å². The van der Waals surface area contributed by atoms with Crippen LogP contribution in [0.5, 0.6) is 11.5 Å². The van der Waals surface area contributed by atoms with E-state index in [9.17, 15) is 38.7 Å². The van der Waals surface area contributed by atoms with E-state index in [1.54, 1.807) is 13.8 Å². The Bertz CT molecular complexity index is 2500. The van der Waals surface area contributed by atoms with Gasteiger partial charge in [0.15, 0.2) is 11.5 Å². The summed E-state index contributed by atoms with van der Waals surface area (Å²) in [6.45, 7) is 3.35. The summed E-state index contributed by atoms with van der Waals surface area (Å²) in [6.07, 6.45) is -1.02. The fourth-order valence-corrected chi connectivity index (χ4v) is 5.49. The van der Waals surface area contributed by atoms with Crippen LogP contribution in [0.15, 0.2) is 109 Å². The van der Waals surface area contributed by atoms with Gasteiger partial charge in [-0.2, -0.15) is 5.26 Å². The Balaban J connectivity index is 1.21. The predicted octanol–water partition coefficient (Wildman–Crippen LogP) is 5.12. The van der Waals surface area contributed by atoms with E-state index >= 15 is 0 Å². The molecule has 1 atom stereocenters. The number of carbonyl (C=O) groups is 7. The number of carboxylic acid groups (broad SMARTS) is 1. The minimum Gasteiger partial charge on any atom is -0.504 e. The van der Waals surface area contributed by atoms with Gasteiger partial charge in [0.05, 0.1) is 41.0 Å². The summed E-state index contributed by atoms with van der Waals surface area (Å²) < 4.78 is 5.76. The van der Waals surface area contributed by atoms with Crippen molar-refractivity contribution in [1.29, 1.82) is 5.26 Å². The molecule has 0 aliphatic rings. The zero-order valence-corrected chi connectivity index (χ0v) is 31.9. The number of primary amides is 1. The summed E-state index contributed by atoms with van der Waals surface area (Å²) in [7, 11) is 0. The number of amides is 6. The fraction of sp³-hybridized carbons (Fsp3) is 0.116. The molecule has 0 heterocycles. The normalized spacial score (nSPS) is 11.0.